The van der Waals surface area contributed by atoms with E-state index in [1.807, 2.05) is 54.6 Å². The Morgan fingerprint density at radius 2 is 1.78 bits per heavy atom. The number of aromatic nitrogens is 4. The van der Waals surface area contributed by atoms with Gasteiger partial charge in [-0.15, -0.1) is 10.2 Å². The van der Waals surface area contributed by atoms with Gasteiger partial charge >= 0.3 is 0 Å². The number of nitrogens with zero attached hydrogens (tertiary/aromatic N) is 4. The summed E-state index contributed by atoms with van der Waals surface area (Å²) >= 11 is 7.30. The quantitative estimate of drug-likeness (QED) is 0.513. The van der Waals surface area contributed by atoms with Crippen molar-refractivity contribution < 1.29 is 4.79 Å². The third-order valence-corrected chi connectivity index (χ3v) is 4.92. The summed E-state index contributed by atoms with van der Waals surface area (Å²) in [5.41, 5.74) is 2.27. The van der Waals surface area contributed by atoms with E-state index in [-0.39, 0.29) is 11.7 Å². The normalized spacial score (nSPS) is 10.9. The Labute approximate surface area is 164 Å². The maximum absolute atomic E-state index is 12.1. The molecule has 6 nitrogen and oxygen atoms in total. The maximum Gasteiger partial charge on any atom is 0.234 e. The fraction of sp³-hybridized carbons (Fsp3) is 0.0526. The predicted octanol–water partition coefficient (Wildman–Crippen LogP) is 4.18. The third kappa shape index (κ3) is 4.10. The van der Waals surface area contributed by atoms with Gasteiger partial charge < -0.3 is 5.32 Å². The van der Waals surface area contributed by atoms with Crippen molar-refractivity contribution in [2.24, 2.45) is 0 Å². The summed E-state index contributed by atoms with van der Waals surface area (Å²) < 4.78 is 1.67. The van der Waals surface area contributed by atoms with Gasteiger partial charge in [0.05, 0.1) is 5.75 Å². The Morgan fingerprint density at radius 1 is 1.00 bits per heavy atom. The number of thioether (sulfide) groups is 1. The lowest BCUT2D eigenvalue weighted by molar-refractivity contribution is -0.113. The minimum Gasteiger partial charge on any atom is -0.325 e. The molecule has 0 fully saturated rings. The number of anilines is 1. The summed E-state index contributed by atoms with van der Waals surface area (Å²) in [5, 5.41) is 17.1. The zero-order chi connectivity index (χ0) is 18.6. The highest BCUT2D eigenvalue weighted by molar-refractivity contribution is 7.99. The number of fused-ring (bicyclic) bond motifs is 1. The largest absolute Gasteiger partial charge is 0.325 e. The Hall–Kier alpha value is -2.90. The summed E-state index contributed by atoms with van der Waals surface area (Å²) in [7, 11) is 0. The summed E-state index contributed by atoms with van der Waals surface area (Å²) in [4.78, 5) is 12.1. The molecule has 8 heteroatoms. The van der Waals surface area contributed by atoms with Crippen molar-refractivity contribution in [3.8, 4) is 11.4 Å². The van der Waals surface area contributed by atoms with Crippen LogP contribution >= 0.6 is 23.4 Å². The van der Waals surface area contributed by atoms with Crippen LogP contribution in [-0.2, 0) is 4.79 Å². The maximum atomic E-state index is 12.1. The molecule has 0 aliphatic carbocycles. The number of carbonyl (C=O) groups excluding carboxylic acids is 1. The molecule has 1 amide bonds. The molecule has 0 aliphatic heterocycles. The van der Waals surface area contributed by atoms with Gasteiger partial charge in [-0.3, -0.25) is 4.79 Å². The summed E-state index contributed by atoms with van der Waals surface area (Å²) in [6.07, 6.45) is 0. The first-order chi connectivity index (χ1) is 13.2. The average Bonchev–Trinajstić information content (AvgIpc) is 3.11. The highest BCUT2D eigenvalue weighted by Crippen LogP contribution is 2.22. The van der Waals surface area contributed by atoms with Gasteiger partial charge in [0.15, 0.2) is 11.5 Å². The molecule has 27 heavy (non-hydrogen) atoms. The van der Waals surface area contributed by atoms with Crippen molar-refractivity contribution >= 4 is 40.6 Å². The molecular weight excluding hydrogens is 382 g/mol. The second-order valence-corrected chi connectivity index (χ2v) is 7.11. The van der Waals surface area contributed by atoms with Crippen LogP contribution < -0.4 is 5.32 Å². The van der Waals surface area contributed by atoms with E-state index in [2.05, 4.69) is 20.6 Å². The molecule has 0 radical (unpaired) electrons. The molecule has 1 N–H and O–H groups in total. The summed E-state index contributed by atoms with van der Waals surface area (Å²) in [6, 6.07) is 20.3. The molecule has 0 saturated heterocycles. The van der Waals surface area contributed by atoms with Crippen molar-refractivity contribution in [1.29, 1.82) is 0 Å². The molecule has 4 rings (SSSR count). The summed E-state index contributed by atoms with van der Waals surface area (Å²) in [6.45, 7) is 0. The zero-order valence-corrected chi connectivity index (χ0v) is 15.6. The van der Waals surface area contributed by atoms with Crippen molar-refractivity contribution in [3.05, 3.63) is 71.8 Å². The highest BCUT2D eigenvalue weighted by Gasteiger charge is 2.11. The topological polar surface area (TPSA) is 72.2 Å². The van der Waals surface area contributed by atoms with Crippen LogP contribution in [0.5, 0.6) is 0 Å². The van der Waals surface area contributed by atoms with E-state index in [9.17, 15) is 4.79 Å². The van der Waals surface area contributed by atoms with Crippen molar-refractivity contribution in [1.82, 2.24) is 19.8 Å². The molecule has 4 aromatic rings. The van der Waals surface area contributed by atoms with Crippen LogP contribution in [-0.4, -0.2) is 31.5 Å². The van der Waals surface area contributed by atoms with Crippen molar-refractivity contribution in [3.63, 3.8) is 0 Å². The van der Waals surface area contributed by atoms with Crippen LogP contribution in [0.15, 0.2) is 71.8 Å². The molecular formula is C19H14ClN5OS. The molecule has 0 unspecified atom stereocenters. The molecule has 0 aliphatic rings. The Bertz CT molecular complexity index is 1080. The second-order valence-electron chi connectivity index (χ2n) is 5.67. The van der Waals surface area contributed by atoms with Crippen LogP contribution in [0, 0.1) is 0 Å². The van der Waals surface area contributed by atoms with Crippen molar-refractivity contribution in [2.75, 3.05) is 11.1 Å². The smallest absolute Gasteiger partial charge is 0.234 e. The highest BCUT2D eigenvalue weighted by atomic mass is 35.5. The van der Waals surface area contributed by atoms with E-state index in [0.717, 1.165) is 11.3 Å². The lowest BCUT2D eigenvalue weighted by atomic mass is 10.2. The monoisotopic (exact) mass is 395 g/mol. The number of amides is 1. The van der Waals surface area contributed by atoms with Crippen LogP contribution in [0.2, 0.25) is 5.02 Å². The average molecular weight is 396 g/mol. The Morgan fingerprint density at radius 3 is 2.56 bits per heavy atom. The van der Waals surface area contributed by atoms with Crippen LogP contribution in [0.25, 0.3) is 17.0 Å². The minimum atomic E-state index is -0.0882. The SMILES string of the molecule is O=C(CSc1ccc2nnc(-c3ccc(Cl)cc3)n2n1)Nc1ccccc1. The van der Waals surface area contributed by atoms with Gasteiger partial charge in [0, 0.05) is 16.3 Å². The molecule has 0 spiro atoms. The van der Waals surface area contributed by atoms with Crippen LogP contribution in [0.3, 0.4) is 0 Å². The predicted molar refractivity (Wildman–Crippen MR) is 107 cm³/mol. The van der Waals surface area contributed by atoms with E-state index >= 15 is 0 Å². The van der Waals surface area contributed by atoms with Gasteiger partial charge in [-0.05, 0) is 48.5 Å². The van der Waals surface area contributed by atoms with Gasteiger partial charge in [-0.25, -0.2) is 0 Å². The molecule has 0 bridgehead atoms. The first kappa shape index (κ1) is 17.5. The lowest BCUT2D eigenvalue weighted by Gasteiger charge is -2.05. The standard InChI is InChI=1S/C19H14ClN5OS/c20-14-8-6-13(7-9-14)19-23-22-16-10-11-18(24-25(16)19)27-12-17(26)21-15-4-2-1-3-5-15/h1-11H,12H2,(H,21,26). The Balaban J connectivity index is 1.50. The fourth-order valence-electron chi connectivity index (χ4n) is 2.49. The van der Waals surface area contributed by atoms with Gasteiger partial charge in [-0.1, -0.05) is 41.6 Å². The lowest BCUT2D eigenvalue weighted by Crippen LogP contribution is -2.14. The molecule has 134 valence electrons. The van der Waals surface area contributed by atoms with E-state index < -0.39 is 0 Å². The second kappa shape index (κ2) is 7.77. The van der Waals surface area contributed by atoms with Gasteiger partial charge in [-0.2, -0.15) is 9.61 Å². The molecule has 2 aromatic carbocycles. The van der Waals surface area contributed by atoms with Gasteiger partial charge in [0.25, 0.3) is 0 Å². The number of nitrogens with one attached hydrogen (secondary N) is 1. The Kier molecular flexibility index (Phi) is 5.04. The van der Waals surface area contributed by atoms with E-state index in [1.54, 1.807) is 16.6 Å². The number of carbonyl (C=O) groups is 1. The third-order valence-electron chi connectivity index (χ3n) is 3.75. The van der Waals surface area contributed by atoms with E-state index in [1.165, 1.54) is 11.8 Å². The van der Waals surface area contributed by atoms with E-state index in [0.29, 0.717) is 21.5 Å². The minimum absolute atomic E-state index is 0.0882. The number of rotatable bonds is 5. The fourth-order valence-corrected chi connectivity index (χ4v) is 3.27. The number of benzene rings is 2. The number of hydrogen-bond acceptors (Lipinski definition) is 5. The van der Waals surface area contributed by atoms with Crippen molar-refractivity contribution in [2.45, 2.75) is 5.03 Å². The van der Waals surface area contributed by atoms with E-state index in [4.69, 9.17) is 11.6 Å². The van der Waals surface area contributed by atoms with Crippen LogP contribution in [0.1, 0.15) is 0 Å². The molecule has 0 atom stereocenters. The number of para-hydroxylation sites is 1. The first-order valence-corrected chi connectivity index (χ1v) is 9.51. The van der Waals surface area contributed by atoms with Crippen LogP contribution in [0.4, 0.5) is 5.69 Å². The number of halogens is 1. The zero-order valence-electron chi connectivity index (χ0n) is 14.0. The van der Waals surface area contributed by atoms with Gasteiger partial charge in [0.2, 0.25) is 5.91 Å². The number of hydrogen-bond donors (Lipinski definition) is 1. The summed E-state index contributed by atoms with van der Waals surface area (Å²) in [5.74, 6) is 0.791. The van der Waals surface area contributed by atoms with Gasteiger partial charge in [0.1, 0.15) is 5.03 Å². The molecule has 0 saturated carbocycles. The molecule has 2 heterocycles. The first-order valence-electron chi connectivity index (χ1n) is 8.15. The molecule has 2 aromatic heterocycles.